The lowest BCUT2D eigenvalue weighted by atomic mass is 10.2. The van der Waals surface area contributed by atoms with Gasteiger partial charge in [-0.3, -0.25) is 4.98 Å². The van der Waals surface area contributed by atoms with Crippen LogP contribution >= 0.6 is 11.6 Å². The molecule has 0 unspecified atom stereocenters. The topological polar surface area (TPSA) is 31.4 Å². The lowest BCUT2D eigenvalue weighted by Crippen LogP contribution is -2.01. The largest absolute Gasteiger partial charge is 0.494 e. The van der Waals surface area contributed by atoms with Crippen molar-refractivity contribution in [2.75, 3.05) is 13.2 Å². The predicted molar refractivity (Wildman–Crippen MR) is 80.5 cm³/mol. The van der Waals surface area contributed by atoms with Gasteiger partial charge in [0.1, 0.15) is 11.5 Å². The molecule has 1 aromatic carbocycles. The zero-order chi connectivity index (χ0) is 14.0. The number of nitrogens with zero attached hydrogens (tertiary/aromatic N) is 1. The Kier molecular flexibility index (Phi) is 6.18. The minimum absolute atomic E-state index is 0.715. The van der Waals surface area contributed by atoms with Crippen molar-refractivity contribution in [3.8, 4) is 11.5 Å². The Labute approximate surface area is 124 Å². The minimum Gasteiger partial charge on any atom is -0.494 e. The summed E-state index contributed by atoms with van der Waals surface area (Å²) in [7, 11) is 0. The molecule has 2 aromatic rings. The second-order valence-corrected chi connectivity index (χ2v) is 4.84. The zero-order valence-electron chi connectivity index (χ0n) is 11.3. The van der Waals surface area contributed by atoms with Gasteiger partial charge in [0.2, 0.25) is 0 Å². The molecule has 1 heterocycles. The van der Waals surface area contributed by atoms with Gasteiger partial charge in [-0.05, 0) is 55.7 Å². The molecule has 20 heavy (non-hydrogen) atoms. The first-order valence-corrected chi connectivity index (χ1v) is 7.13. The molecule has 2 rings (SSSR count). The van der Waals surface area contributed by atoms with Gasteiger partial charge in [-0.2, -0.15) is 0 Å². The summed E-state index contributed by atoms with van der Waals surface area (Å²) in [6, 6.07) is 11.2. The number of aromatic nitrogens is 1. The van der Waals surface area contributed by atoms with Crippen LogP contribution in [0.3, 0.4) is 0 Å². The molecule has 0 saturated heterocycles. The smallest absolute Gasteiger partial charge is 0.137 e. The molecule has 0 bridgehead atoms. The Bertz CT molecular complexity index is 488. The summed E-state index contributed by atoms with van der Waals surface area (Å²) in [5, 5.41) is 0.727. The van der Waals surface area contributed by atoms with Gasteiger partial charge in [0.15, 0.2) is 0 Å². The van der Waals surface area contributed by atoms with Crippen LogP contribution in [0.1, 0.15) is 19.3 Å². The van der Waals surface area contributed by atoms with Gasteiger partial charge in [0, 0.05) is 11.2 Å². The predicted octanol–water partition coefficient (Wildman–Crippen LogP) is 4.36. The standard InChI is InChI=1S/C16H18ClNO2/c17-14-6-8-15(9-7-14)19-11-2-1-3-12-20-16-5-4-10-18-13-16/h4-10,13H,1-3,11-12H2. The first-order chi connectivity index (χ1) is 9.84. The van der Waals surface area contributed by atoms with E-state index in [4.69, 9.17) is 21.1 Å². The quantitative estimate of drug-likeness (QED) is 0.677. The average Bonchev–Trinajstić information content (AvgIpc) is 2.49. The number of pyridine rings is 1. The summed E-state index contributed by atoms with van der Waals surface area (Å²) < 4.78 is 11.2. The van der Waals surface area contributed by atoms with E-state index in [-0.39, 0.29) is 0 Å². The number of benzene rings is 1. The number of hydrogen-bond acceptors (Lipinski definition) is 3. The second-order valence-electron chi connectivity index (χ2n) is 4.40. The fourth-order valence-electron chi connectivity index (χ4n) is 1.72. The first-order valence-electron chi connectivity index (χ1n) is 6.76. The number of hydrogen-bond donors (Lipinski definition) is 0. The van der Waals surface area contributed by atoms with Gasteiger partial charge in [0.05, 0.1) is 19.4 Å². The Morgan fingerprint density at radius 2 is 1.55 bits per heavy atom. The van der Waals surface area contributed by atoms with Crippen LogP contribution in [0.2, 0.25) is 5.02 Å². The van der Waals surface area contributed by atoms with E-state index in [0.717, 1.165) is 35.8 Å². The molecule has 3 nitrogen and oxygen atoms in total. The van der Waals surface area contributed by atoms with Gasteiger partial charge in [0.25, 0.3) is 0 Å². The Balaban J connectivity index is 1.51. The summed E-state index contributed by atoms with van der Waals surface area (Å²) >= 11 is 5.81. The lowest BCUT2D eigenvalue weighted by Gasteiger charge is -2.07. The molecule has 0 atom stereocenters. The third-order valence-corrected chi connectivity index (χ3v) is 3.03. The molecular weight excluding hydrogens is 274 g/mol. The lowest BCUT2D eigenvalue weighted by molar-refractivity contribution is 0.279. The van der Waals surface area contributed by atoms with E-state index in [1.165, 1.54) is 0 Å². The molecule has 0 aliphatic rings. The third kappa shape index (κ3) is 5.49. The molecule has 106 valence electrons. The molecule has 0 aliphatic heterocycles. The van der Waals surface area contributed by atoms with Crippen molar-refractivity contribution in [2.24, 2.45) is 0 Å². The normalized spacial score (nSPS) is 10.2. The van der Waals surface area contributed by atoms with Gasteiger partial charge in [-0.15, -0.1) is 0 Å². The highest BCUT2D eigenvalue weighted by molar-refractivity contribution is 6.30. The number of unbranched alkanes of at least 4 members (excludes halogenated alkanes) is 2. The summed E-state index contributed by atoms with van der Waals surface area (Å²) in [4.78, 5) is 4.00. The fourth-order valence-corrected chi connectivity index (χ4v) is 1.85. The number of rotatable bonds is 8. The van der Waals surface area contributed by atoms with Crippen LogP contribution in [0.25, 0.3) is 0 Å². The second kappa shape index (κ2) is 8.43. The number of ether oxygens (including phenoxy) is 2. The van der Waals surface area contributed by atoms with Crippen molar-refractivity contribution in [1.82, 2.24) is 4.98 Å². The van der Waals surface area contributed by atoms with Gasteiger partial charge >= 0.3 is 0 Å². The van der Waals surface area contributed by atoms with Crippen molar-refractivity contribution in [1.29, 1.82) is 0 Å². The van der Waals surface area contributed by atoms with Crippen LogP contribution in [-0.4, -0.2) is 18.2 Å². The van der Waals surface area contributed by atoms with Crippen LogP contribution in [0, 0.1) is 0 Å². The van der Waals surface area contributed by atoms with Gasteiger partial charge < -0.3 is 9.47 Å². The van der Waals surface area contributed by atoms with Crippen molar-refractivity contribution in [3.05, 3.63) is 53.8 Å². The fraction of sp³-hybridized carbons (Fsp3) is 0.312. The first kappa shape index (κ1) is 14.7. The van der Waals surface area contributed by atoms with Crippen molar-refractivity contribution in [2.45, 2.75) is 19.3 Å². The maximum Gasteiger partial charge on any atom is 0.137 e. The molecular formula is C16H18ClNO2. The highest BCUT2D eigenvalue weighted by Gasteiger charge is 1.96. The third-order valence-electron chi connectivity index (χ3n) is 2.77. The summed E-state index contributed by atoms with van der Waals surface area (Å²) in [5.74, 6) is 1.69. The van der Waals surface area contributed by atoms with E-state index in [9.17, 15) is 0 Å². The monoisotopic (exact) mass is 291 g/mol. The molecule has 0 spiro atoms. The van der Waals surface area contributed by atoms with Crippen LogP contribution < -0.4 is 9.47 Å². The highest BCUT2D eigenvalue weighted by atomic mass is 35.5. The summed E-state index contributed by atoms with van der Waals surface area (Å²) in [6.45, 7) is 1.43. The Morgan fingerprint density at radius 1 is 0.850 bits per heavy atom. The summed E-state index contributed by atoms with van der Waals surface area (Å²) in [6.07, 6.45) is 6.57. The zero-order valence-corrected chi connectivity index (χ0v) is 12.1. The van der Waals surface area contributed by atoms with E-state index in [1.807, 2.05) is 36.4 Å². The average molecular weight is 292 g/mol. The minimum atomic E-state index is 0.715. The highest BCUT2D eigenvalue weighted by Crippen LogP contribution is 2.15. The molecule has 0 amide bonds. The molecule has 0 saturated carbocycles. The Morgan fingerprint density at radius 3 is 2.20 bits per heavy atom. The van der Waals surface area contributed by atoms with Crippen molar-refractivity contribution in [3.63, 3.8) is 0 Å². The molecule has 4 heteroatoms. The maximum atomic E-state index is 5.81. The molecule has 0 radical (unpaired) electrons. The van der Waals surface area contributed by atoms with Crippen molar-refractivity contribution >= 4 is 11.6 Å². The Hall–Kier alpha value is -1.74. The van der Waals surface area contributed by atoms with Crippen LogP contribution in [-0.2, 0) is 0 Å². The van der Waals surface area contributed by atoms with E-state index in [2.05, 4.69) is 4.98 Å². The van der Waals surface area contributed by atoms with E-state index in [0.29, 0.717) is 13.2 Å². The van der Waals surface area contributed by atoms with Gasteiger partial charge in [-0.25, -0.2) is 0 Å². The van der Waals surface area contributed by atoms with Gasteiger partial charge in [-0.1, -0.05) is 11.6 Å². The van der Waals surface area contributed by atoms with E-state index < -0.39 is 0 Å². The number of halogens is 1. The molecule has 0 fully saturated rings. The van der Waals surface area contributed by atoms with Crippen LogP contribution in [0.15, 0.2) is 48.8 Å². The van der Waals surface area contributed by atoms with E-state index in [1.54, 1.807) is 12.4 Å². The molecule has 0 N–H and O–H groups in total. The SMILES string of the molecule is Clc1ccc(OCCCCCOc2cccnc2)cc1. The van der Waals surface area contributed by atoms with Crippen LogP contribution in [0.4, 0.5) is 0 Å². The molecule has 0 aliphatic carbocycles. The summed E-state index contributed by atoms with van der Waals surface area (Å²) in [5.41, 5.74) is 0. The van der Waals surface area contributed by atoms with Crippen molar-refractivity contribution < 1.29 is 9.47 Å². The maximum absolute atomic E-state index is 5.81. The van der Waals surface area contributed by atoms with Crippen LogP contribution in [0.5, 0.6) is 11.5 Å². The molecule has 1 aromatic heterocycles. The van der Waals surface area contributed by atoms with E-state index >= 15 is 0 Å².